The third-order valence-corrected chi connectivity index (χ3v) is 4.23. The monoisotopic (exact) mass is 319 g/mol. The first-order chi connectivity index (χ1) is 10.6. The summed E-state index contributed by atoms with van der Waals surface area (Å²) in [6.45, 7) is 3.95. The maximum Gasteiger partial charge on any atom is 0.290 e. The molecule has 116 valence electrons. The van der Waals surface area contributed by atoms with Crippen LogP contribution >= 0.6 is 11.6 Å². The van der Waals surface area contributed by atoms with Crippen LogP contribution in [0.1, 0.15) is 23.9 Å². The number of piperidine rings is 1. The van der Waals surface area contributed by atoms with Crippen molar-refractivity contribution in [1.29, 1.82) is 0 Å². The molecule has 2 N–H and O–H groups in total. The Morgan fingerprint density at radius 2 is 2.18 bits per heavy atom. The van der Waals surface area contributed by atoms with Crippen LogP contribution in [0.15, 0.2) is 34.9 Å². The molecule has 1 aliphatic heterocycles. The van der Waals surface area contributed by atoms with Crippen molar-refractivity contribution in [3.05, 3.63) is 41.1 Å². The lowest BCUT2D eigenvalue weighted by Gasteiger charge is -2.29. The van der Waals surface area contributed by atoms with Crippen molar-refractivity contribution in [2.75, 3.05) is 13.1 Å². The third-order valence-electron chi connectivity index (χ3n) is 3.98. The van der Waals surface area contributed by atoms with Crippen molar-refractivity contribution in [2.45, 2.75) is 19.4 Å². The van der Waals surface area contributed by atoms with E-state index in [-0.39, 0.29) is 17.7 Å². The van der Waals surface area contributed by atoms with Gasteiger partial charge in [-0.15, -0.1) is 0 Å². The summed E-state index contributed by atoms with van der Waals surface area (Å²) in [5, 5.41) is 11.0. The third kappa shape index (κ3) is 3.31. The second-order valence-corrected chi connectivity index (χ2v) is 6.07. The molecule has 1 amide bonds. The van der Waals surface area contributed by atoms with Crippen LogP contribution in [0.4, 0.5) is 0 Å². The Balaban J connectivity index is 1.70. The van der Waals surface area contributed by atoms with Gasteiger partial charge in [0.1, 0.15) is 5.69 Å². The summed E-state index contributed by atoms with van der Waals surface area (Å²) in [4.78, 5) is 12.3. The minimum Gasteiger partial charge on any atom is -0.350 e. The van der Waals surface area contributed by atoms with E-state index in [0.29, 0.717) is 16.6 Å². The second-order valence-electron chi connectivity index (χ2n) is 5.63. The average Bonchev–Trinajstić information content (AvgIpc) is 3.00. The van der Waals surface area contributed by atoms with Gasteiger partial charge in [-0.2, -0.15) is 0 Å². The van der Waals surface area contributed by atoms with Gasteiger partial charge >= 0.3 is 0 Å². The average molecular weight is 320 g/mol. The number of carbonyl (C=O) groups excluding carboxylic acids is 1. The van der Waals surface area contributed by atoms with E-state index in [1.807, 2.05) is 12.1 Å². The molecule has 0 saturated carbocycles. The predicted octanol–water partition coefficient (Wildman–Crippen LogP) is 2.72. The first-order valence-electron chi connectivity index (χ1n) is 7.38. The molecule has 1 saturated heterocycles. The highest BCUT2D eigenvalue weighted by Gasteiger charge is 2.24. The lowest BCUT2D eigenvalue weighted by atomic mass is 9.95. The maximum atomic E-state index is 12.3. The van der Waals surface area contributed by atoms with E-state index >= 15 is 0 Å². The molecule has 2 aromatic rings. The molecule has 1 aromatic heterocycles. The molecular weight excluding hydrogens is 302 g/mol. The highest BCUT2D eigenvalue weighted by atomic mass is 35.5. The highest BCUT2D eigenvalue weighted by molar-refractivity contribution is 6.30. The second kappa shape index (κ2) is 6.50. The van der Waals surface area contributed by atoms with Crippen molar-refractivity contribution in [3.63, 3.8) is 0 Å². The Bertz CT molecular complexity index is 654. The molecule has 2 atom stereocenters. The summed E-state index contributed by atoms with van der Waals surface area (Å²) < 4.78 is 5.18. The SMILES string of the molecule is CC1CNCCC1NC(=O)c1cc(-c2ccc(Cl)cc2)no1. The van der Waals surface area contributed by atoms with Gasteiger partial charge in [0, 0.05) is 22.7 Å². The molecule has 1 aliphatic rings. The van der Waals surface area contributed by atoms with Gasteiger partial charge in [-0.05, 0) is 37.6 Å². The van der Waals surface area contributed by atoms with Gasteiger partial charge in [0.15, 0.2) is 0 Å². The van der Waals surface area contributed by atoms with Crippen molar-refractivity contribution in [3.8, 4) is 11.3 Å². The maximum absolute atomic E-state index is 12.3. The number of aromatic nitrogens is 1. The van der Waals surface area contributed by atoms with E-state index in [1.54, 1.807) is 18.2 Å². The van der Waals surface area contributed by atoms with Crippen molar-refractivity contribution in [1.82, 2.24) is 15.8 Å². The first kappa shape index (κ1) is 15.1. The molecule has 3 rings (SSSR count). The minimum atomic E-state index is -0.216. The van der Waals surface area contributed by atoms with Crippen LogP contribution in [0.3, 0.4) is 0 Å². The smallest absolute Gasteiger partial charge is 0.290 e. The molecular formula is C16H18ClN3O2. The van der Waals surface area contributed by atoms with Gasteiger partial charge in [-0.3, -0.25) is 4.79 Å². The molecule has 2 unspecified atom stereocenters. The van der Waals surface area contributed by atoms with Crippen LogP contribution in [-0.2, 0) is 0 Å². The van der Waals surface area contributed by atoms with Crippen molar-refractivity contribution in [2.24, 2.45) is 5.92 Å². The Kier molecular flexibility index (Phi) is 4.45. The van der Waals surface area contributed by atoms with E-state index in [2.05, 4.69) is 22.7 Å². The minimum absolute atomic E-state index is 0.165. The molecule has 1 fully saturated rings. The quantitative estimate of drug-likeness (QED) is 0.913. The molecule has 6 heteroatoms. The molecule has 1 aromatic carbocycles. The molecule has 0 aliphatic carbocycles. The normalized spacial score (nSPS) is 21.5. The topological polar surface area (TPSA) is 67.2 Å². The number of carbonyl (C=O) groups is 1. The van der Waals surface area contributed by atoms with Gasteiger partial charge in [0.05, 0.1) is 0 Å². The number of nitrogens with one attached hydrogen (secondary N) is 2. The predicted molar refractivity (Wildman–Crippen MR) is 84.9 cm³/mol. The Morgan fingerprint density at radius 1 is 1.41 bits per heavy atom. The van der Waals surface area contributed by atoms with Crippen LogP contribution in [0.5, 0.6) is 0 Å². The summed E-state index contributed by atoms with van der Waals surface area (Å²) in [5.74, 6) is 0.415. The van der Waals surface area contributed by atoms with Gasteiger partial charge in [-0.25, -0.2) is 0 Å². The van der Waals surface area contributed by atoms with Crippen LogP contribution in [0.2, 0.25) is 5.02 Å². The molecule has 5 nitrogen and oxygen atoms in total. The summed E-state index contributed by atoms with van der Waals surface area (Å²) in [5.41, 5.74) is 1.49. The van der Waals surface area contributed by atoms with E-state index in [0.717, 1.165) is 25.1 Å². The lowest BCUT2D eigenvalue weighted by molar-refractivity contribution is 0.0877. The number of hydrogen-bond donors (Lipinski definition) is 2. The van der Waals surface area contributed by atoms with Crippen molar-refractivity contribution < 1.29 is 9.32 Å². The fourth-order valence-corrected chi connectivity index (χ4v) is 2.73. The molecule has 22 heavy (non-hydrogen) atoms. The van der Waals surface area contributed by atoms with Crippen LogP contribution < -0.4 is 10.6 Å². The van der Waals surface area contributed by atoms with Crippen LogP contribution in [-0.4, -0.2) is 30.2 Å². The molecule has 0 radical (unpaired) electrons. The Morgan fingerprint density at radius 3 is 2.91 bits per heavy atom. The van der Waals surface area contributed by atoms with E-state index in [9.17, 15) is 4.79 Å². The zero-order valence-corrected chi connectivity index (χ0v) is 13.1. The van der Waals surface area contributed by atoms with Crippen LogP contribution in [0.25, 0.3) is 11.3 Å². The Hall–Kier alpha value is -1.85. The number of hydrogen-bond acceptors (Lipinski definition) is 4. The zero-order valence-electron chi connectivity index (χ0n) is 12.3. The number of benzene rings is 1. The van der Waals surface area contributed by atoms with E-state index < -0.39 is 0 Å². The first-order valence-corrected chi connectivity index (χ1v) is 7.75. The summed E-state index contributed by atoms with van der Waals surface area (Å²) in [6, 6.07) is 9.07. The molecule has 2 heterocycles. The molecule has 0 spiro atoms. The summed E-state index contributed by atoms with van der Waals surface area (Å²) in [7, 11) is 0. The highest BCUT2D eigenvalue weighted by Crippen LogP contribution is 2.21. The summed E-state index contributed by atoms with van der Waals surface area (Å²) in [6.07, 6.45) is 0.922. The number of amides is 1. The molecule has 0 bridgehead atoms. The van der Waals surface area contributed by atoms with E-state index in [1.165, 1.54) is 0 Å². The lowest BCUT2D eigenvalue weighted by Crippen LogP contribution is -2.48. The standard InChI is InChI=1S/C16H18ClN3O2/c1-10-9-18-7-6-13(10)19-16(21)15-8-14(20-22-15)11-2-4-12(17)5-3-11/h2-5,8,10,13,18H,6-7,9H2,1H3,(H,19,21). The number of halogens is 1. The number of rotatable bonds is 3. The number of nitrogens with zero attached hydrogens (tertiary/aromatic N) is 1. The van der Waals surface area contributed by atoms with E-state index in [4.69, 9.17) is 16.1 Å². The fraction of sp³-hybridized carbons (Fsp3) is 0.375. The van der Waals surface area contributed by atoms with Crippen LogP contribution in [0, 0.1) is 5.92 Å². The summed E-state index contributed by atoms with van der Waals surface area (Å²) >= 11 is 5.86. The fourth-order valence-electron chi connectivity index (χ4n) is 2.61. The van der Waals surface area contributed by atoms with Gasteiger partial charge < -0.3 is 15.2 Å². The van der Waals surface area contributed by atoms with Crippen molar-refractivity contribution >= 4 is 17.5 Å². The van der Waals surface area contributed by atoms with Gasteiger partial charge in [0.2, 0.25) is 5.76 Å². The zero-order chi connectivity index (χ0) is 15.5. The largest absolute Gasteiger partial charge is 0.350 e. The van der Waals surface area contributed by atoms with Gasteiger partial charge in [-0.1, -0.05) is 35.8 Å². The van der Waals surface area contributed by atoms with Gasteiger partial charge in [0.25, 0.3) is 5.91 Å². The Labute approximate surface area is 134 Å².